The van der Waals surface area contributed by atoms with Crippen molar-refractivity contribution in [1.29, 1.82) is 0 Å². The molecule has 0 unspecified atom stereocenters. The van der Waals surface area contributed by atoms with Crippen molar-refractivity contribution in [2.45, 2.75) is 50.7 Å². The SMILES string of the molecule is CC1(C)CN(c2cncc(-n3cccn3)n2)CC2(CCCC2)O1. The van der Waals surface area contributed by atoms with Gasteiger partial charge in [0.15, 0.2) is 5.82 Å². The number of hydrogen-bond donors (Lipinski definition) is 0. The standard InChI is InChI=1S/C17H23N5O/c1-16(2)12-21(13-17(23-16)6-3-4-7-17)14-10-18-11-15(20-14)22-9-5-8-19-22/h5,8-11H,3-4,6-7,12-13H2,1-2H3. The number of ether oxygens (including phenoxy) is 1. The predicted octanol–water partition coefficient (Wildman–Crippen LogP) is 2.59. The molecule has 2 fully saturated rings. The topological polar surface area (TPSA) is 56.1 Å². The van der Waals surface area contributed by atoms with Gasteiger partial charge in [-0.25, -0.2) is 9.67 Å². The van der Waals surface area contributed by atoms with Crippen molar-refractivity contribution in [2.24, 2.45) is 0 Å². The Morgan fingerprint density at radius 3 is 2.61 bits per heavy atom. The molecule has 0 N–H and O–H groups in total. The van der Waals surface area contributed by atoms with E-state index in [1.165, 1.54) is 12.8 Å². The molecule has 6 heteroatoms. The third-order valence-corrected chi connectivity index (χ3v) is 4.73. The smallest absolute Gasteiger partial charge is 0.173 e. The van der Waals surface area contributed by atoms with Crippen molar-refractivity contribution < 1.29 is 4.74 Å². The lowest BCUT2D eigenvalue weighted by Gasteiger charge is -2.49. The van der Waals surface area contributed by atoms with E-state index < -0.39 is 0 Å². The minimum Gasteiger partial charge on any atom is -0.365 e. The van der Waals surface area contributed by atoms with Gasteiger partial charge in [-0.05, 0) is 32.8 Å². The van der Waals surface area contributed by atoms with Crippen LogP contribution in [0.4, 0.5) is 5.82 Å². The Kier molecular flexibility index (Phi) is 3.37. The van der Waals surface area contributed by atoms with Crippen LogP contribution in [0.1, 0.15) is 39.5 Å². The quantitative estimate of drug-likeness (QED) is 0.853. The molecule has 2 aliphatic rings. The summed E-state index contributed by atoms with van der Waals surface area (Å²) in [6, 6.07) is 1.89. The van der Waals surface area contributed by atoms with Gasteiger partial charge in [-0.2, -0.15) is 5.10 Å². The van der Waals surface area contributed by atoms with Crippen LogP contribution in [0, 0.1) is 0 Å². The Hall–Kier alpha value is -1.95. The number of hydrogen-bond acceptors (Lipinski definition) is 5. The van der Waals surface area contributed by atoms with Crippen molar-refractivity contribution in [3.8, 4) is 5.82 Å². The van der Waals surface area contributed by atoms with Gasteiger partial charge in [-0.15, -0.1) is 0 Å². The van der Waals surface area contributed by atoms with E-state index in [2.05, 4.69) is 28.8 Å². The molecule has 1 aliphatic heterocycles. The van der Waals surface area contributed by atoms with Gasteiger partial charge < -0.3 is 9.64 Å². The molecule has 4 rings (SSSR count). The van der Waals surface area contributed by atoms with E-state index in [0.29, 0.717) is 0 Å². The highest BCUT2D eigenvalue weighted by Crippen LogP contribution is 2.41. The molecule has 2 aromatic heterocycles. The maximum Gasteiger partial charge on any atom is 0.173 e. The fourth-order valence-corrected chi connectivity index (χ4v) is 3.97. The van der Waals surface area contributed by atoms with Gasteiger partial charge in [-0.1, -0.05) is 12.8 Å². The predicted molar refractivity (Wildman–Crippen MR) is 87.7 cm³/mol. The van der Waals surface area contributed by atoms with Crippen molar-refractivity contribution in [3.05, 3.63) is 30.9 Å². The first kappa shape index (κ1) is 14.6. The zero-order valence-electron chi connectivity index (χ0n) is 13.8. The van der Waals surface area contributed by atoms with Crippen molar-refractivity contribution in [1.82, 2.24) is 19.7 Å². The fraction of sp³-hybridized carbons (Fsp3) is 0.588. The van der Waals surface area contributed by atoms with Crippen molar-refractivity contribution in [3.63, 3.8) is 0 Å². The lowest BCUT2D eigenvalue weighted by Crippen LogP contribution is -2.59. The van der Waals surface area contributed by atoms with E-state index in [9.17, 15) is 0 Å². The highest BCUT2D eigenvalue weighted by atomic mass is 16.5. The molecular weight excluding hydrogens is 290 g/mol. The Balaban J connectivity index is 1.65. The lowest BCUT2D eigenvalue weighted by atomic mass is 9.94. The summed E-state index contributed by atoms with van der Waals surface area (Å²) in [6.07, 6.45) is 12.0. The zero-order chi connectivity index (χ0) is 15.9. The largest absolute Gasteiger partial charge is 0.365 e. The minimum atomic E-state index is -0.175. The molecule has 0 atom stereocenters. The van der Waals surface area contributed by atoms with Crippen molar-refractivity contribution >= 4 is 5.82 Å². The first-order valence-corrected chi connectivity index (χ1v) is 8.33. The number of aromatic nitrogens is 4. The number of rotatable bonds is 2. The number of morpholine rings is 1. The average Bonchev–Trinajstić information content (AvgIpc) is 3.18. The summed E-state index contributed by atoms with van der Waals surface area (Å²) in [7, 11) is 0. The highest BCUT2D eigenvalue weighted by Gasteiger charge is 2.46. The van der Waals surface area contributed by atoms with Gasteiger partial charge in [-0.3, -0.25) is 4.98 Å². The molecule has 122 valence electrons. The Morgan fingerprint density at radius 2 is 1.87 bits per heavy atom. The third kappa shape index (κ3) is 2.83. The van der Waals surface area contributed by atoms with Crippen LogP contribution in [0.2, 0.25) is 0 Å². The molecule has 0 aromatic carbocycles. The summed E-state index contributed by atoms with van der Waals surface area (Å²) >= 11 is 0. The van der Waals surface area contributed by atoms with Crippen molar-refractivity contribution in [2.75, 3.05) is 18.0 Å². The summed E-state index contributed by atoms with van der Waals surface area (Å²) in [5.74, 6) is 1.65. The van der Waals surface area contributed by atoms with Crippen LogP contribution in [0.25, 0.3) is 5.82 Å². The van der Waals surface area contributed by atoms with Crippen LogP contribution in [0.5, 0.6) is 0 Å². The summed E-state index contributed by atoms with van der Waals surface area (Å²) in [5.41, 5.74) is -0.197. The first-order chi connectivity index (χ1) is 11.1. The molecule has 0 radical (unpaired) electrons. The Labute approximate surface area is 136 Å². The second kappa shape index (κ2) is 5.30. The summed E-state index contributed by atoms with van der Waals surface area (Å²) in [4.78, 5) is 11.5. The van der Waals surface area contributed by atoms with Gasteiger partial charge in [0, 0.05) is 25.5 Å². The molecule has 1 saturated carbocycles. The summed E-state index contributed by atoms with van der Waals surface area (Å²) < 4.78 is 8.21. The highest BCUT2D eigenvalue weighted by molar-refractivity contribution is 5.41. The molecule has 6 nitrogen and oxygen atoms in total. The zero-order valence-corrected chi connectivity index (χ0v) is 13.8. The molecule has 23 heavy (non-hydrogen) atoms. The molecule has 1 saturated heterocycles. The molecule has 2 aromatic rings. The molecule has 0 amide bonds. The van der Waals surface area contributed by atoms with Gasteiger partial charge >= 0.3 is 0 Å². The monoisotopic (exact) mass is 313 g/mol. The number of nitrogens with zero attached hydrogens (tertiary/aromatic N) is 5. The fourth-order valence-electron chi connectivity index (χ4n) is 3.97. The second-order valence-electron chi connectivity index (χ2n) is 7.29. The molecule has 1 aliphatic carbocycles. The maximum atomic E-state index is 6.47. The van der Waals surface area contributed by atoms with Crippen LogP contribution < -0.4 is 4.90 Å². The minimum absolute atomic E-state index is 0.0227. The van der Waals surface area contributed by atoms with E-state index in [4.69, 9.17) is 9.72 Å². The van der Waals surface area contributed by atoms with Crippen LogP contribution in [0.3, 0.4) is 0 Å². The molecular formula is C17H23N5O. The van der Waals surface area contributed by atoms with E-state index in [1.807, 2.05) is 18.5 Å². The molecule has 3 heterocycles. The lowest BCUT2D eigenvalue weighted by molar-refractivity contribution is -0.148. The van der Waals surface area contributed by atoms with Gasteiger partial charge in [0.05, 0.1) is 23.6 Å². The molecule has 1 spiro atoms. The average molecular weight is 313 g/mol. The van der Waals surface area contributed by atoms with E-state index in [-0.39, 0.29) is 11.2 Å². The van der Waals surface area contributed by atoms with E-state index >= 15 is 0 Å². The van der Waals surface area contributed by atoms with E-state index in [1.54, 1.807) is 17.1 Å². The Morgan fingerprint density at radius 1 is 1.09 bits per heavy atom. The van der Waals surface area contributed by atoms with Gasteiger partial charge in [0.1, 0.15) is 5.82 Å². The van der Waals surface area contributed by atoms with Crippen LogP contribution in [-0.4, -0.2) is 44.0 Å². The van der Waals surface area contributed by atoms with Gasteiger partial charge in [0.2, 0.25) is 0 Å². The molecule has 0 bridgehead atoms. The Bertz CT molecular complexity index is 676. The third-order valence-electron chi connectivity index (χ3n) is 4.73. The van der Waals surface area contributed by atoms with E-state index in [0.717, 1.165) is 37.6 Å². The normalized spacial score (nSPS) is 22.6. The summed E-state index contributed by atoms with van der Waals surface area (Å²) in [5, 5.41) is 4.24. The first-order valence-electron chi connectivity index (χ1n) is 8.33. The van der Waals surface area contributed by atoms with Crippen LogP contribution in [0.15, 0.2) is 30.9 Å². The summed E-state index contributed by atoms with van der Waals surface area (Å²) in [6.45, 7) is 6.06. The number of anilines is 1. The van der Waals surface area contributed by atoms with Gasteiger partial charge in [0.25, 0.3) is 0 Å². The second-order valence-corrected chi connectivity index (χ2v) is 7.29. The maximum absolute atomic E-state index is 6.47. The van der Waals surface area contributed by atoms with Crippen LogP contribution in [-0.2, 0) is 4.74 Å². The van der Waals surface area contributed by atoms with Crippen LogP contribution >= 0.6 is 0 Å².